The van der Waals surface area contributed by atoms with Gasteiger partial charge >= 0.3 is 0 Å². The highest BCUT2D eigenvalue weighted by Gasteiger charge is 2.47. The van der Waals surface area contributed by atoms with Crippen LogP contribution in [0.4, 0.5) is 0 Å². The van der Waals surface area contributed by atoms with Crippen molar-refractivity contribution >= 4 is 0 Å². The second kappa shape index (κ2) is 3.37. The third kappa shape index (κ3) is 1.52. The van der Waals surface area contributed by atoms with Gasteiger partial charge in [-0.2, -0.15) is 0 Å². The summed E-state index contributed by atoms with van der Waals surface area (Å²) in [4.78, 5) is 0. The van der Waals surface area contributed by atoms with Crippen molar-refractivity contribution in [2.75, 3.05) is 6.54 Å². The highest BCUT2D eigenvalue weighted by Crippen LogP contribution is 2.55. The molecule has 0 radical (unpaired) electrons. The van der Waals surface area contributed by atoms with Crippen LogP contribution in [0.2, 0.25) is 0 Å². The van der Waals surface area contributed by atoms with Crippen molar-refractivity contribution in [2.24, 2.45) is 17.8 Å². The van der Waals surface area contributed by atoms with Crippen LogP contribution in [0, 0.1) is 17.8 Å². The zero-order chi connectivity index (χ0) is 8.55. The molecule has 0 aromatic carbocycles. The monoisotopic (exact) mass is 167 g/mol. The lowest BCUT2D eigenvalue weighted by molar-refractivity contribution is 0.331. The molecule has 2 rings (SSSR count). The lowest BCUT2D eigenvalue weighted by atomic mass is 9.93. The van der Waals surface area contributed by atoms with Crippen LogP contribution >= 0.6 is 0 Å². The summed E-state index contributed by atoms with van der Waals surface area (Å²) in [5.74, 6) is 3.30. The van der Waals surface area contributed by atoms with E-state index in [1.165, 1.54) is 19.3 Å². The van der Waals surface area contributed by atoms with E-state index < -0.39 is 0 Å². The van der Waals surface area contributed by atoms with Crippen molar-refractivity contribution < 1.29 is 0 Å². The van der Waals surface area contributed by atoms with E-state index in [0.29, 0.717) is 0 Å². The predicted octanol–water partition coefficient (Wildman–Crippen LogP) is 2.42. The molecule has 2 aliphatic carbocycles. The highest BCUT2D eigenvalue weighted by atomic mass is 14.9. The van der Waals surface area contributed by atoms with Crippen molar-refractivity contribution in [1.29, 1.82) is 0 Å². The maximum atomic E-state index is 3.62. The smallest absolute Gasteiger partial charge is 0.00927 e. The molecule has 0 aliphatic heterocycles. The standard InChI is InChI=1S/C11H21N/c1-3-11(12-4-2)10-6-8-5-9(8)7-10/h8-12H,3-7H2,1-2H3. The number of nitrogens with one attached hydrogen (secondary N) is 1. The van der Waals surface area contributed by atoms with E-state index in [4.69, 9.17) is 0 Å². The first-order chi connectivity index (χ1) is 5.85. The van der Waals surface area contributed by atoms with E-state index in [1.54, 1.807) is 6.42 Å². The topological polar surface area (TPSA) is 12.0 Å². The summed E-state index contributed by atoms with van der Waals surface area (Å²) in [5.41, 5.74) is 0. The summed E-state index contributed by atoms with van der Waals surface area (Å²) >= 11 is 0. The molecule has 0 bridgehead atoms. The van der Waals surface area contributed by atoms with E-state index in [-0.39, 0.29) is 0 Å². The zero-order valence-electron chi connectivity index (χ0n) is 8.34. The molecule has 0 aromatic rings. The minimum Gasteiger partial charge on any atom is -0.314 e. The molecule has 70 valence electrons. The summed E-state index contributed by atoms with van der Waals surface area (Å²) in [6, 6.07) is 0.822. The minimum absolute atomic E-state index is 0.822. The third-order valence-corrected chi connectivity index (χ3v) is 3.76. The quantitative estimate of drug-likeness (QED) is 0.678. The SMILES string of the molecule is CCNC(CC)C1CC2CC2C1. The van der Waals surface area contributed by atoms with Crippen LogP contribution in [0.3, 0.4) is 0 Å². The molecule has 0 aromatic heterocycles. The summed E-state index contributed by atoms with van der Waals surface area (Å²) in [6.07, 6.45) is 5.92. The van der Waals surface area contributed by atoms with Gasteiger partial charge in [0.1, 0.15) is 0 Å². The van der Waals surface area contributed by atoms with Gasteiger partial charge < -0.3 is 5.32 Å². The minimum atomic E-state index is 0.822. The van der Waals surface area contributed by atoms with Crippen LogP contribution in [0.25, 0.3) is 0 Å². The molecule has 0 amide bonds. The third-order valence-electron chi connectivity index (χ3n) is 3.76. The molecule has 2 aliphatic rings. The molecule has 0 heterocycles. The molecule has 2 saturated carbocycles. The maximum Gasteiger partial charge on any atom is 0.00927 e. The van der Waals surface area contributed by atoms with Crippen LogP contribution in [0.5, 0.6) is 0 Å². The predicted molar refractivity (Wildman–Crippen MR) is 52.1 cm³/mol. The molecule has 12 heavy (non-hydrogen) atoms. The van der Waals surface area contributed by atoms with Crippen LogP contribution in [-0.2, 0) is 0 Å². The normalized spacial score (nSPS) is 41.0. The molecule has 3 atom stereocenters. The maximum absolute atomic E-state index is 3.62. The van der Waals surface area contributed by atoms with E-state index in [1.807, 2.05) is 0 Å². The fraction of sp³-hybridized carbons (Fsp3) is 1.00. The van der Waals surface area contributed by atoms with Crippen LogP contribution in [0.15, 0.2) is 0 Å². The van der Waals surface area contributed by atoms with Gasteiger partial charge in [-0.1, -0.05) is 13.8 Å². The molecule has 3 unspecified atom stereocenters. The Hall–Kier alpha value is -0.0400. The Balaban J connectivity index is 1.81. The van der Waals surface area contributed by atoms with Gasteiger partial charge in [-0.05, 0) is 50.0 Å². The Morgan fingerprint density at radius 1 is 1.17 bits per heavy atom. The van der Waals surface area contributed by atoms with Crippen LogP contribution in [-0.4, -0.2) is 12.6 Å². The zero-order valence-corrected chi connectivity index (χ0v) is 8.34. The molecule has 1 heteroatoms. The first kappa shape index (κ1) is 8.55. The number of hydrogen-bond acceptors (Lipinski definition) is 1. The van der Waals surface area contributed by atoms with E-state index in [2.05, 4.69) is 19.2 Å². The van der Waals surface area contributed by atoms with Crippen molar-refractivity contribution in [1.82, 2.24) is 5.32 Å². The summed E-state index contributed by atoms with van der Waals surface area (Å²) in [6.45, 7) is 5.68. The van der Waals surface area contributed by atoms with Gasteiger partial charge in [-0.25, -0.2) is 0 Å². The van der Waals surface area contributed by atoms with Gasteiger partial charge in [0.2, 0.25) is 0 Å². The first-order valence-corrected chi connectivity index (χ1v) is 5.58. The molecular formula is C11H21N. The second-order valence-electron chi connectivity index (χ2n) is 4.56. The van der Waals surface area contributed by atoms with Gasteiger partial charge in [0, 0.05) is 6.04 Å². The van der Waals surface area contributed by atoms with Crippen molar-refractivity contribution in [3.8, 4) is 0 Å². The Morgan fingerprint density at radius 3 is 2.33 bits per heavy atom. The summed E-state index contributed by atoms with van der Waals surface area (Å²) in [5, 5.41) is 3.62. The Morgan fingerprint density at radius 2 is 1.83 bits per heavy atom. The number of rotatable bonds is 4. The fourth-order valence-electron chi connectivity index (χ4n) is 3.00. The lowest BCUT2D eigenvalue weighted by Gasteiger charge is -2.24. The number of hydrogen-bond donors (Lipinski definition) is 1. The van der Waals surface area contributed by atoms with Crippen molar-refractivity contribution in [3.63, 3.8) is 0 Å². The molecule has 1 N–H and O–H groups in total. The molecule has 1 nitrogen and oxygen atoms in total. The molecule has 0 spiro atoms. The Kier molecular flexibility index (Phi) is 2.40. The fourth-order valence-corrected chi connectivity index (χ4v) is 3.00. The summed E-state index contributed by atoms with van der Waals surface area (Å²) < 4.78 is 0. The second-order valence-corrected chi connectivity index (χ2v) is 4.56. The van der Waals surface area contributed by atoms with E-state index >= 15 is 0 Å². The van der Waals surface area contributed by atoms with Gasteiger partial charge in [0.25, 0.3) is 0 Å². The average molecular weight is 167 g/mol. The van der Waals surface area contributed by atoms with Gasteiger partial charge in [-0.15, -0.1) is 0 Å². The van der Waals surface area contributed by atoms with Crippen molar-refractivity contribution in [3.05, 3.63) is 0 Å². The molecular weight excluding hydrogens is 146 g/mol. The van der Waals surface area contributed by atoms with E-state index in [9.17, 15) is 0 Å². The summed E-state index contributed by atoms with van der Waals surface area (Å²) in [7, 11) is 0. The average Bonchev–Trinajstić information content (AvgIpc) is 2.70. The first-order valence-electron chi connectivity index (χ1n) is 5.58. The van der Waals surface area contributed by atoms with Crippen LogP contribution < -0.4 is 5.32 Å². The van der Waals surface area contributed by atoms with Gasteiger partial charge in [0.05, 0.1) is 0 Å². The lowest BCUT2D eigenvalue weighted by Crippen LogP contribution is -2.34. The van der Waals surface area contributed by atoms with E-state index in [0.717, 1.165) is 30.3 Å². The Bertz CT molecular complexity index is 145. The van der Waals surface area contributed by atoms with Crippen LogP contribution in [0.1, 0.15) is 39.5 Å². The van der Waals surface area contributed by atoms with Gasteiger partial charge in [0.15, 0.2) is 0 Å². The molecule has 0 saturated heterocycles. The molecule has 2 fully saturated rings. The number of fused-ring (bicyclic) bond motifs is 1. The Labute approximate surface area is 75.9 Å². The highest BCUT2D eigenvalue weighted by molar-refractivity contribution is 4.98. The largest absolute Gasteiger partial charge is 0.314 e. The van der Waals surface area contributed by atoms with Crippen molar-refractivity contribution in [2.45, 2.75) is 45.6 Å². The van der Waals surface area contributed by atoms with Gasteiger partial charge in [-0.3, -0.25) is 0 Å².